The molecule has 2 heterocycles. The van der Waals surface area contributed by atoms with Crippen LogP contribution in [-0.2, 0) is 9.84 Å². The minimum Gasteiger partial charge on any atom is -0.355 e. The lowest BCUT2D eigenvalue weighted by Crippen LogP contribution is -2.34. The average molecular weight is 408 g/mol. The lowest BCUT2D eigenvalue weighted by molar-refractivity contribution is 0.434. The molecule has 1 aliphatic rings. The number of halogens is 4. The number of nitrogens with zero attached hydrogens (tertiary/aromatic N) is 3. The van der Waals surface area contributed by atoms with Crippen molar-refractivity contribution in [3.05, 3.63) is 34.7 Å². The molecule has 0 amide bonds. The van der Waals surface area contributed by atoms with E-state index in [9.17, 15) is 21.6 Å². The monoisotopic (exact) mass is 407 g/mol. The maximum atomic E-state index is 14.4. The van der Waals surface area contributed by atoms with E-state index in [0.717, 1.165) is 23.7 Å². The maximum absolute atomic E-state index is 14.4. The van der Waals surface area contributed by atoms with E-state index in [-0.39, 0.29) is 11.0 Å². The van der Waals surface area contributed by atoms with Crippen LogP contribution in [0.1, 0.15) is 19.8 Å². The van der Waals surface area contributed by atoms with E-state index in [4.69, 9.17) is 11.6 Å². The summed E-state index contributed by atoms with van der Waals surface area (Å²) in [6.07, 6.45) is 2.48. The van der Waals surface area contributed by atoms with Gasteiger partial charge in [-0.1, -0.05) is 18.5 Å². The number of hydrogen-bond donors (Lipinski definition) is 0. The molecule has 10 heteroatoms. The Morgan fingerprint density at radius 3 is 2.19 bits per heavy atom. The molecule has 0 unspecified atom stereocenters. The summed E-state index contributed by atoms with van der Waals surface area (Å²) in [5.41, 5.74) is -0.722. The van der Waals surface area contributed by atoms with Gasteiger partial charge in [-0.25, -0.2) is 26.6 Å². The second-order valence-corrected chi connectivity index (χ2v) is 8.77. The third-order valence-electron chi connectivity index (χ3n) is 4.40. The van der Waals surface area contributed by atoms with Gasteiger partial charge in [0.25, 0.3) is 0 Å². The van der Waals surface area contributed by atoms with Crippen LogP contribution in [0.5, 0.6) is 0 Å². The molecule has 0 aliphatic carbocycles. The molecule has 1 saturated heterocycles. The second-order valence-electron chi connectivity index (χ2n) is 6.50. The highest BCUT2D eigenvalue weighted by molar-refractivity contribution is 7.90. The molecule has 0 radical (unpaired) electrons. The summed E-state index contributed by atoms with van der Waals surface area (Å²) in [4.78, 5) is 5.57. The van der Waals surface area contributed by atoms with Crippen molar-refractivity contribution in [3.8, 4) is 5.69 Å². The Morgan fingerprint density at radius 2 is 1.69 bits per heavy atom. The molecule has 0 bridgehead atoms. The topological polar surface area (TPSA) is 55.2 Å². The second kappa shape index (κ2) is 6.77. The van der Waals surface area contributed by atoms with E-state index >= 15 is 0 Å². The van der Waals surface area contributed by atoms with Crippen LogP contribution in [0, 0.1) is 23.4 Å². The predicted molar refractivity (Wildman–Crippen MR) is 92.2 cm³/mol. The molecule has 0 spiro atoms. The van der Waals surface area contributed by atoms with Crippen LogP contribution in [0.4, 0.5) is 19.0 Å². The molecule has 26 heavy (non-hydrogen) atoms. The summed E-state index contributed by atoms with van der Waals surface area (Å²) in [6.45, 7) is 3.14. The largest absolute Gasteiger partial charge is 0.355 e. The van der Waals surface area contributed by atoms with Crippen molar-refractivity contribution in [3.63, 3.8) is 0 Å². The minimum absolute atomic E-state index is 0.0865. The van der Waals surface area contributed by atoms with Gasteiger partial charge in [0.05, 0.1) is 0 Å². The van der Waals surface area contributed by atoms with Crippen molar-refractivity contribution >= 4 is 27.3 Å². The minimum atomic E-state index is -3.96. The van der Waals surface area contributed by atoms with Crippen molar-refractivity contribution in [1.29, 1.82) is 0 Å². The van der Waals surface area contributed by atoms with E-state index in [1.54, 1.807) is 4.90 Å². The standard InChI is InChI=1S/C16H17ClF3N3O2S/c1-9-3-5-22(6-4-9)15-14(17)21-16(26(2,24)25)23(15)13-11(19)7-10(18)8-12(13)20/h7-9H,3-6H2,1-2H3. The number of benzene rings is 1. The SMILES string of the molecule is CC1CCN(c2c(Cl)nc(S(C)(=O)=O)n2-c2c(F)cc(F)cc2F)CC1. The number of piperidine rings is 1. The van der Waals surface area contributed by atoms with Gasteiger partial charge in [-0.15, -0.1) is 0 Å². The molecule has 3 rings (SSSR count). The van der Waals surface area contributed by atoms with Gasteiger partial charge in [0.15, 0.2) is 22.6 Å². The molecule has 0 N–H and O–H groups in total. The average Bonchev–Trinajstić information content (AvgIpc) is 2.85. The fourth-order valence-electron chi connectivity index (χ4n) is 3.06. The van der Waals surface area contributed by atoms with Crippen LogP contribution < -0.4 is 4.90 Å². The van der Waals surface area contributed by atoms with Gasteiger partial charge >= 0.3 is 0 Å². The van der Waals surface area contributed by atoms with Gasteiger partial charge in [0.1, 0.15) is 11.5 Å². The quantitative estimate of drug-likeness (QED) is 0.780. The highest BCUT2D eigenvalue weighted by Crippen LogP contribution is 2.36. The first-order valence-electron chi connectivity index (χ1n) is 7.97. The zero-order valence-electron chi connectivity index (χ0n) is 14.1. The Labute approximate surface area is 154 Å². The molecule has 1 aromatic heterocycles. The summed E-state index contributed by atoms with van der Waals surface area (Å²) in [5, 5.41) is -0.774. The fraction of sp³-hybridized carbons (Fsp3) is 0.438. The van der Waals surface area contributed by atoms with E-state index in [1.165, 1.54) is 0 Å². The molecule has 5 nitrogen and oxygen atoms in total. The summed E-state index contributed by atoms with van der Waals surface area (Å²) >= 11 is 6.15. The Balaban J connectivity index is 2.29. The van der Waals surface area contributed by atoms with Crippen molar-refractivity contribution in [2.75, 3.05) is 24.2 Å². The number of hydrogen-bond acceptors (Lipinski definition) is 4. The Kier molecular flexibility index (Phi) is 4.96. The Morgan fingerprint density at radius 1 is 1.15 bits per heavy atom. The normalized spacial score (nSPS) is 16.3. The number of rotatable bonds is 3. The van der Waals surface area contributed by atoms with Crippen LogP contribution in [-0.4, -0.2) is 37.3 Å². The van der Waals surface area contributed by atoms with Gasteiger partial charge in [0, 0.05) is 31.5 Å². The first-order valence-corrected chi connectivity index (χ1v) is 10.2. The van der Waals surface area contributed by atoms with Crippen LogP contribution in [0.25, 0.3) is 5.69 Å². The summed E-state index contributed by atoms with van der Waals surface area (Å²) < 4.78 is 67.2. The molecule has 1 aliphatic heterocycles. The van der Waals surface area contributed by atoms with Gasteiger partial charge in [-0.05, 0) is 18.8 Å². The number of anilines is 1. The molecule has 142 valence electrons. The van der Waals surface area contributed by atoms with Crippen molar-refractivity contribution in [1.82, 2.24) is 9.55 Å². The maximum Gasteiger partial charge on any atom is 0.235 e. The van der Waals surface area contributed by atoms with Gasteiger partial charge in [-0.3, -0.25) is 4.57 Å². The zero-order chi connectivity index (χ0) is 19.2. The molecule has 2 aromatic rings. The number of aromatic nitrogens is 2. The van der Waals surface area contributed by atoms with E-state index in [0.29, 0.717) is 31.1 Å². The van der Waals surface area contributed by atoms with E-state index in [2.05, 4.69) is 11.9 Å². The number of sulfone groups is 1. The molecule has 1 aromatic carbocycles. The molecule has 0 saturated carbocycles. The Hall–Kier alpha value is -1.74. The zero-order valence-corrected chi connectivity index (χ0v) is 15.7. The summed E-state index contributed by atoms with van der Waals surface area (Å²) in [7, 11) is -3.96. The molecular weight excluding hydrogens is 391 g/mol. The number of imidazole rings is 1. The molecule has 1 fully saturated rings. The van der Waals surface area contributed by atoms with Crippen LogP contribution in [0.2, 0.25) is 5.15 Å². The lowest BCUT2D eigenvalue weighted by Gasteiger charge is -2.32. The van der Waals surface area contributed by atoms with Crippen molar-refractivity contribution in [2.45, 2.75) is 24.9 Å². The smallest absolute Gasteiger partial charge is 0.235 e. The third kappa shape index (κ3) is 3.42. The van der Waals surface area contributed by atoms with Crippen LogP contribution in [0.3, 0.4) is 0 Å². The van der Waals surface area contributed by atoms with E-state index in [1.807, 2.05) is 0 Å². The van der Waals surface area contributed by atoms with Crippen LogP contribution >= 0.6 is 11.6 Å². The van der Waals surface area contributed by atoms with Gasteiger partial charge in [-0.2, -0.15) is 0 Å². The third-order valence-corrected chi connectivity index (χ3v) is 5.59. The highest BCUT2D eigenvalue weighted by Gasteiger charge is 2.32. The van der Waals surface area contributed by atoms with Crippen molar-refractivity contribution in [2.24, 2.45) is 5.92 Å². The molecule has 0 atom stereocenters. The van der Waals surface area contributed by atoms with Gasteiger partial charge in [0.2, 0.25) is 15.0 Å². The fourth-order valence-corrected chi connectivity index (χ4v) is 4.16. The summed E-state index contributed by atoms with van der Waals surface area (Å²) in [5.74, 6) is -3.04. The Bertz CT molecular complexity index is 931. The first kappa shape index (κ1) is 19.0. The van der Waals surface area contributed by atoms with Crippen LogP contribution in [0.15, 0.2) is 17.3 Å². The summed E-state index contributed by atoms with van der Waals surface area (Å²) in [6, 6.07) is 0.973. The van der Waals surface area contributed by atoms with Crippen molar-refractivity contribution < 1.29 is 21.6 Å². The predicted octanol–water partition coefficient (Wildman–Crippen LogP) is 3.58. The highest BCUT2D eigenvalue weighted by atomic mass is 35.5. The van der Waals surface area contributed by atoms with Gasteiger partial charge < -0.3 is 4.90 Å². The lowest BCUT2D eigenvalue weighted by atomic mass is 9.99. The first-order chi connectivity index (χ1) is 12.1. The molecular formula is C16H17ClF3N3O2S. The van der Waals surface area contributed by atoms with E-state index < -0.39 is 38.1 Å².